The van der Waals surface area contributed by atoms with E-state index in [-0.39, 0.29) is 5.95 Å². The Hall–Kier alpha value is -2.76. The standard InChI is InChI=1S/C18H19N5O2S/c1-13-16(6-5-14-4-3-9-20-12-14)17(22-18(19)21-13)15-7-10-23(11-8-15)26(2,24)25/h3-4,7,9,12H,8,10-11H2,1-2H3,(H2,19,21,22). The van der Waals surface area contributed by atoms with Gasteiger partial charge in [-0.15, -0.1) is 0 Å². The Balaban J connectivity index is 2.00. The molecule has 3 rings (SSSR count). The summed E-state index contributed by atoms with van der Waals surface area (Å²) in [5.41, 5.74) is 9.59. The lowest BCUT2D eigenvalue weighted by atomic mass is 10.00. The summed E-state index contributed by atoms with van der Waals surface area (Å²) in [4.78, 5) is 12.6. The van der Waals surface area contributed by atoms with Crippen molar-refractivity contribution in [3.05, 3.63) is 53.1 Å². The van der Waals surface area contributed by atoms with E-state index in [0.717, 1.165) is 11.1 Å². The third-order valence-corrected chi connectivity index (χ3v) is 5.32. The monoisotopic (exact) mass is 369 g/mol. The molecule has 0 amide bonds. The van der Waals surface area contributed by atoms with Crippen LogP contribution in [0, 0.1) is 18.8 Å². The van der Waals surface area contributed by atoms with Crippen molar-refractivity contribution < 1.29 is 8.42 Å². The summed E-state index contributed by atoms with van der Waals surface area (Å²) >= 11 is 0. The van der Waals surface area contributed by atoms with Gasteiger partial charge in [0, 0.05) is 31.0 Å². The lowest BCUT2D eigenvalue weighted by Gasteiger charge is -2.24. The molecule has 7 nitrogen and oxygen atoms in total. The molecular formula is C18H19N5O2S. The number of aryl methyl sites for hydroxylation is 1. The van der Waals surface area contributed by atoms with Crippen molar-refractivity contribution in [1.29, 1.82) is 0 Å². The Morgan fingerprint density at radius 2 is 2.08 bits per heavy atom. The van der Waals surface area contributed by atoms with Gasteiger partial charge in [-0.2, -0.15) is 4.31 Å². The average molecular weight is 369 g/mol. The molecule has 0 aromatic carbocycles. The maximum atomic E-state index is 11.7. The first kappa shape index (κ1) is 18.0. The molecule has 2 N–H and O–H groups in total. The smallest absolute Gasteiger partial charge is 0.220 e. The Morgan fingerprint density at radius 1 is 1.27 bits per heavy atom. The van der Waals surface area contributed by atoms with Crippen LogP contribution in [0.3, 0.4) is 0 Å². The van der Waals surface area contributed by atoms with E-state index in [9.17, 15) is 8.42 Å². The molecule has 26 heavy (non-hydrogen) atoms. The number of nitrogen functional groups attached to an aromatic ring is 1. The predicted molar refractivity (Wildman–Crippen MR) is 100 cm³/mol. The van der Waals surface area contributed by atoms with Crippen molar-refractivity contribution in [1.82, 2.24) is 19.3 Å². The SMILES string of the molecule is Cc1nc(N)nc(C2=CCN(S(C)(=O)=O)CC2)c1C#Cc1cccnc1. The molecular weight excluding hydrogens is 350 g/mol. The van der Waals surface area contributed by atoms with Gasteiger partial charge in [-0.1, -0.05) is 17.9 Å². The normalized spacial score (nSPS) is 15.1. The predicted octanol–water partition coefficient (Wildman–Crippen LogP) is 1.21. The van der Waals surface area contributed by atoms with Crippen molar-refractivity contribution in [2.75, 3.05) is 25.1 Å². The maximum absolute atomic E-state index is 11.7. The lowest BCUT2D eigenvalue weighted by molar-refractivity contribution is 0.445. The number of hydrogen-bond donors (Lipinski definition) is 1. The molecule has 1 aliphatic rings. The van der Waals surface area contributed by atoms with Gasteiger partial charge in [-0.3, -0.25) is 4.98 Å². The number of anilines is 1. The molecule has 8 heteroatoms. The highest BCUT2D eigenvalue weighted by molar-refractivity contribution is 7.88. The van der Waals surface area contributed by atoms with Gasteiger partial charge < -0.3 is 5.73 Å². The molecule has 2 aromatic heterocycles. The zero-order valence-corrected chi connectivity index (χ0v) is 15.4. The molecule has 0 radical (unpaired) electrons. The Morgan fingerprint density at radius 3 is 2.69 bits per heavy atom. The van der Waals surface area contributed by atoms with Gasteiger partial charge in [-0.25, -0.2) is 18.4 Å². The van der Waals surface area contributed by atoms with E-state index in [4.69, 9.17) is 5.73 Å². The number of aromatic nitrogens is 3. The molecule has 0 unspecified atom stereocenters. The number of nitrogens with zero attached hydrogens (tertiary/aromatic N) is 4. The zero-order chi connectivity index (χ0) is 18.7. The molecule has 0 saturated heterocycles. The number of rotatable bonds is 2. The number of hydrogen-bond acceptors (Lipinski definition) is 6. The molecule has 1 aliphatic heterocycles. The van der Waals surface area contributed by atoms with Crippen LogP contribution >= 0.6 is 0 Å². The second-order valence-electron chi connectivity index (χ2n) is 5.98. The van der Waals surface area contributed by atoms with Gasteiger partial charge in [-0.05, 0) is 31.1 Å². The average Bonchev–Trinajstić information content (AvgIpc) is 2.60. The molecule has 0 aliphatic carbocycles. The molecule has 2 aromatic rings. The summed E-state index contributed by atoms with van der Waals surface area (Å²) in [6.07, 6.45) is 6.99. The van der Waals surface area contributed by atoms with Gasteiger partial charge >= 0.3 is 0 Å². The fraction of sp³-hybridized carbons (Fsp3) is 0.278. The maximum Gasteiger partial charge on any atom is 0.220 e. The van der Waals surface area contributed by atoms with Gasteiger partial charge in [0.15, 0.2) is 0 Å². The molecule has 134 valence electrons. The fourth-order valence-electron chi connectivity index (χ4n) is 2.71. The van der Waals surface area contributed by atoms with Gasteiger partial charge in [0.2, 0.25) is 16.0 Å². The molecule has 3 heterocycles. The summed E-state index contributed by atoms with van der Waals surface area (Å²) in [5, 5.41) is 0. The van der Waals surface area contributed by atoms with E-state index in [0.29, 0.717) is 36.5 Å². The summed E-state index contributed by atoms with van der Waals surface area (Å²) in [6.45, 7) is 2.55. The highest BCUT2D eigenvalue weighted by atomic mass is 32.2. The minimum absolute atomic E-state index is 0.177. The first-order valence-corrected chi connectivity index (χ1v) is 9.90. The molecule has 0 atom stereocenters. The number of nitrogens with two attached hydrogens (primary N) is 1. The molecule has 0 spiro atoms. The highest BCUT2D eigenvalue weighted by Gasteiger charge is 2.22. The summed E-state index contributed by atoms with van der Waals surface area (Å²) < 4.78 is 24.8. The lowest BCUT2D eigenvalue weighted by Crippen LogP contribution is -2.33. The van der Waals surface area contributed by atoms with Crippen molar-refractivity contribution >= 4 is 21.5 Å². The van der Waals surface area contributed by atoms with Crippen LogP contribution in [0.1, 0.15) is 28.9 Å². The number of pyridine rings is 1. The fourth-order valence-corrected chi connectivity index (χ4v) is 3.48. The van der Waals surface area contributed by atoms with Crippen LogP contribution in [0.25, 0.3) is 5.57 Å². The van der Waals surface area contributed by atoms with Crippen LogP contribution in [0.15, 0.2) is 30.6 Å². The van der Waals surface area contributed by atoms with Gasteiger partial charge in [0.1, 0.15) is 0 Å². The van der Waals surface area contributed by atoms with E-state index in [1.807, 2.05) is 25.1 Å². The quantitative estimate of drug-likeness (QED) is 0.799. The Kier molecular flexibility index (Phi) is 5.02. The van der Waals surface area contributed by atoms with E-state index in [1.54, 1.807) is 12.4 Å². The molecule has 0 fully saturated rings. The third kappa shape index (κ3) is 4.07. The van der Waals surface area contributed by atoms with Crippen LogP contribution in [-0.4, -0.2) is 47.0 Å². The Bertz CT molecular complexity index is 1020. The molecule has 0 saturated carbocycles. The first-order chi connectivity index (χ1) is 12.3. The summed E-state index contributed by atoms with van der Waals surface area (Å²) in [5.74, 6) is 6.36. The minimum atomic E-state index is -3.21. The van der Waals surface area contributed by atoms with Crippen LogP contribution < -0.4 is 5.73 Å². The van der Waals surface area contributed by atoms with Crippen molar-refractivity contribution in [2.45, 2.75) is 13.3 Å². The Labute approximate surface area is 153 Å². The first-order valence-electron chi connectivity index (χ1n) is 8.05. The van der Waals surface area contributed by atoms with Crippen LogP contribution in [0.2, 0.25) is 0 Å². The molecule has 0 bridgehead atoms. The van der Waals surface area contributed by atoms with Crippen molar-refractivity contribution in [2.24, 2.45) is 0 Å². The minimum Gasteiger partial charge on any atom is -0.368 e. The van der Waals surface area contributed by atoms with Crippen molar-refractivity contribution in [3.63, 3.8) is 0 Å². The third-order valence-electron chi connectivity index (χ3n) is 4.05. The topological polar surface area (TPSA) is 102 Å². The highest BCUT2D eigenvalue weighted by Crippen LogP contribution is 2.26. The van der Waals surface area contributed by atoms with E-state index >= 15 is 0 Å². The van der Waals surface area contributed by atoms with Crippen LogP contribution in [0.5, 0.6) is 0 Å². The van der Waals surface area contributed by atoms with Crippen LogP contribution in [0.4, 0.5) is 5.95 Å². The second kappa shape index (κ2) is 7.23. The van der Waals surface area contributed by atoms with E-state index < -0.39 is 10.0 Å². The number of sulfonamides is 1. The van der Waals surface area contributed by atoms with E-state index in [1.165, 1.54) is 10.6 Å². The summed E-state index contributed by atoms with van der Waals surface area (Å²) in [7, 11) is -3.21. The van der Waals surface area contributed by atoms with Gasteiger partial charge in [0.05, 0.1) is 23.2 Å². The van der Waals surface area contributed by atoms with Crippen molar-refractivity contribution in [3.8, 4) is 11.8 Å². The van der Waals surface area contributed by atoms with Crippen LogP contribution in [-0.2, 0) is 10.0 Å². The summed E-state index contributed by atoms with van der Waals surface area (Å²) in [6, 6.07) is 3.69. The zero-order valence-electron chi connectivity index (χ0n) is 14.6. The van der Waals surface area contributed by atoms with Gasteiger partial charge in [0.25, 0.3) is 0 Å². The second-order valence-corrected chi connectivity index (χ2v) is 7.97. The van der Waals surface area contributed by atoms with E-state index in [2.05, 4.69) is 26.8 Å². The largest absolute Gasteiger partial charge is 0.368 e.